The highest BCUT2D eigenvalue weighted by atomic mass is 35.7. The lowest BCUT2D eigenvalue weighted by molar-refractivity contribution is 0.0938. The molecule has 0 spiro atoms. The fourth-order valence-electron chi connectivity index (χ4n) is 1.78. The van der Waals surface area contributed by atoms with Gasteiger partial charge in [-0.05, 0) is 25.3 Å². The number of thiophene rings is 1. The van der Waals surface area contributed by atoms with Gasteiger partial charge in [-0.25, -0.2) is 8.42 Å². The highest BCUT2D eigenvalue weighted by molar-refractivity contribution is 8.15. The predicted molar refractivity (Wildman–Crippen MR) is 71.6 cm³/mol. The van der Waals surface area contributed by atoms with Crippen molar-refractivity contribution in [3.8, 4) is 0 Å². The van der Waals surface area contributed by atoms with Crippen LogP contribution < -0.4 is 5.32 Å². The van der Waals surface area contributed by atoms with Crippen LogP contribution in [0.2, 0.25) is 0 Å². The average Bonchev–Trinajstić information content (AvgIpc) is 2.91. The molecule has 0 radical (unpaired) electrons. The first-order chi connectivity index (χ1) is 8.36. The first-order valence-electron chi connectivity index (χ1n) is 5.70. The molecular weight excluding hydrogens is 294 g/mol. The topological polar surface area (TPSA) is 63.2 Å². The van der Waals surface area contributed by atoms with E-state index in [1.165, 1.54) is 24.3 Å². The number of nitrogens with one attached hydrogen (secondary N) is 1. The van der Waals surface area contributed by atoms with E-state index in [9.17, 15) is 13.2 Å². The molecule has 1 saturated carbocycles. The normalized spacial score (nSPS) is 17.4. The molecule has 1 heterocycles. The Morgan fingerprint density at radius 3 is 2.78 bits per heavy atom. The van der Waals surface area contributed by atoms with Gasteiger partial charge < -0.3 is 5.32 Å². The van der Waals surface area contributed by atoms with Crippen LogP contribution in [0.25, 0.3) is 0 Å². The van der Waals surface area contributed by atoms with Gasteiger partial charge in [0.2, 0.25) is 0 Å². The van der Waals surface area contributed by atoms with Crippen LogP contribution in [0, 0.1) is 5.92 Å². The Bertz CT molecular complexity index is 548. The second-order valence-electron chi connectivity index (χ2n) is 4.65. The molecule has 4 nitrogen and oxygen atoms in total. The minimum Gasteiger partial charge on any atom is -0.350 e. The summed E-state index contributed by atoms with van der Waals surface area (Å²) in [5.41, 5.74) is 0.349. The van der Waals surface area contributed by atoms with Gasteiger partial charge in [0, 0.05) is 22.1 Å². The second kappa shape index (κ2) is 5.19. The molecule has 1 aliphatic carbocycles. The van der Waals surface area contributed by atoms with Crippen LogP contribution in [-0.2, 0) is 9.05 Å². The molecule has 18 heavy (non-hydrogen) atoms. The highest BCUT2D eigenvalue weighted by Gasteiger charge is 2.25. The lowest BCUT2D eigenvalue weighted by Crippen LogP contribution is -2.32. The lowest BCUT2D eigenvalue weighted by atomic mass is 10.1. The summed E-state index contributed by atoms with van der Waals surface area (Å²) < 4.78 is 22.2. The summed E-state index contributed by atoms with van der Waals surface area (Å²) in [5.74, 6) is 0.493. The van der Waals surface area contributed by atoms with E-state index in [0.717, 1.165) is 23.7 Å². The zero-order valence-corrected chi connectivity index (χ0v) is 12.2. The Labute approximate surface area is 115 Å². The van der Waals surface area contributed by atoms with Crippen molar-refractivity contribution in [3.05, 3.63) is 17.0 Å². The van der Waals surface area contributed by atoms with Crippen molar-refractivity contribution in [2.24, 2.45) is 5.92 Å². The van der Waals surface area contributed by atoms with Gasteiger partial charge in [-0.1, -0.05) is 12.8 Å². The average molecular weight is 308 g/mol. The molecule has 0 bridgehead atoms. The fraction of sp³-hybridized carbons (Fsp3) is 0.545. The third-order valence-electron chi connectivity index (χ3n) is 2.84. The molecule has 1 fully saturated rings. The van der Waals surface area contributed by atoms with Crippen LogP contribution >= 0.6 is 22.0 Å². The standard InChI is InChI=1S/C11H14ClNO3S2/c1-7(4-8-2-3-8)13-11(14)9-5-10(17-6-9)18(12,15)16/h5-8H,2-4H2,1H3,(H,13,14). The monoisotopic (exact) mass is 307 g/mol. The summed E-state index contributed by atoms with van der Waals surface area (Å²) in [6.07, 6.45) is 3.47. The van der Waals surface area contributed by atoms with Gasteiger partial charge in [0.1, 0.15) is 4.21 Å². The molecular formula is C11H14ClNO3S2. The van der Waals surface area contributed by atoms with Gasteiger partial charge in [0.05, 0.1) is 5.56 Å². The molecule has 1 aromatic rings. The fourth-order valence-corrected chi connectivity index (χ4v) is 3.73. The van der Waals surface area contributed by atoms with E-state index in [1.807, 2.05) is 6.92 Å². The maximum absolute atomic E-state index is 11.9. The van der Waals surface area contributed by atoms with Crippen molar-refractivity contribution >= 4 is 37.0 Å². The third-order valence-corrected chi connectivity index (χ3v) is 5.88. The Morgan fingerprint density at radius 1 is 1.61 bits per heavy atom. The summed E-state index contributed by atoms with van der Waals surface area (Å²) in [6, 6.07) is 1.42. The number of carbonyl (C=O) groups is 1. The summed E-state index contributed by atoms with van der Waals surface area (Å²) in [4.78, 5) is 11.9. The molecule has 1 atom stereocenters. The van der Waals surface area contributed by atoms with Crippen LogP contribution in [0.4, 0.5) is 0 Å². The third kappa shape index (κ3) is 3.70. The smallest absolute Gasteiger partial charge is 0.270 e. The molecule has 1 aromatic heterocycles. The molecule has 1 unspecified atom stereocenters. The number of amides is 1. The lowest BCUT2D eigenvalue weighted by Gasteiger charge is -2.12. The van der Waals surface area contributed by atoms with Crippen molar-refractivity contribution < 1.29 is 13.2 Å². The Morgan fingerprint density at radius 2 is 2.28 bits per heavy atom. The molecule has 1 N–H and O–H groups in total. The quantitative estimate of drug-likeness (QED) is 0.850. The van der Waals surface area contributed by atoms with Crippen molar-refractivity contribution in [3.63, 3.8) is 0 Å². The molecule has 1 amide bonds. The molecule has 0 aliphatic heterocycles. The number of halogens is 1. The number of hydrogen-bond donors (Lipinski definition) is 1. The van der Waals surface area contributed by atoms with Gasteiger partial charge >= 0.3 is 0 Å². The highest BCUT2D eigenvalue weighted by Crippen LogP contribution is 2.33. The van der Waals surface area contributed by atoms with E-state index in [0.29, 0.717) is 5.56 Å². The summed E-state index contributed by atoms with van der Waals surface area (Å²) in [5, 5.41) is 4.37. The SMILES string of the molecule is CC(CC1CC1)NC(=O)c1csc(S(=O)(=O)Cl)c1. The molecule has 2 rings (SSSR count). The Hall–Kier alpha value is -0.590. The number of carbonyl (C=O) groups excluding carboxylic acids is 1. The second-order valence-corrected chi connectivity index (χ2v) is 8.35. The van der Waals surface area contributed by atoms with Crippen molar-refractivity contribution in [1.82, 2.24) is 5.32 Å². The Kier molecular flexibility index (Phi) is 3.99. The summed E-state index contributed by atoms with van der Waals surface area (Å²) >= 11 is 0.957. The van der Waals surface area contributed by atoms with E-state index in [2.05, 4.69) is 5.32 Å². The van der Waals surface area contributed by atoms with E-state index in [1.54, 1.807) is 0 Å². The molecule has 1 aliphatic rings. The van der Waals surface area contributed by atoms with Crippen LogP contribution in [-0.4, -0.2) is 20.4 Å². The van der Waals surface area contributed by atoms with Crippen LogP contribution in [0.1, 0.15) is 36.5 Å². The first kappa shape index (κ1) is 13.8. The minimum atomic E-state index is -3.74. The molecule has 7 heteroatoms. The molecule has 0 saturated heterocycles. The minimum absolute atomic E-state index is 0.00385. The molecule has 100 valence electrons. The van der Waals surface area contributed by atoms with E-state index in [-0.39, 0.29) is 16.2 Å². The van der Waals surface area contributed by atoms with E-state index in [4.69, 9.17) is 10.7 Å². The van der Waals surface area contributed by atoms with Crippen molar-refractivity contribution in [2.75, 3.05) is 0 Å². The maximum Gasteiger partial charge on any atom is 0.270 e. The van der Waals surface area contributed by atoms with Gasteiger partial charge in [0.15, 0.2) is 0 Å². The zero-order chi connectivity index (χ0) is 13.3. The number of hydrogen-bond acceptors (Lipinski definition) is 4. The Balaban J connectivity index is 1.97. The van der Waals surface area contributed by atoms with Crippen LogP contribution in [0.3, 0.4) is 0 Å². The van der Waals surface area contributed by atoms with Gasteiger partial charge in [-0.15, -0.1) is 11.3 Å². The van der Waals surface area contributed by atoms with Crippen LogP contribution in [0.5, 0.6) is 0 Å². The maximum atomic E-state index is 11.9. The van der Waals surface area contributed by atoms with Gasteiger partial charge in [0.25, 0.3) is 15.0 Å². The summed E-state index contributed by atoms with van der Waals surface area (Å²) in [7, 11) is 1.47. The van der Waals surface area contributed by atoms with Gasteiger partial charge in [-0.2, -0.15) is 0 Å². The molecule has 0 aromatic carbocycles. The van der Waals surface area contributed by atoms with Crippen molar-refractivity contribution in [1.29, 1.82) is 0 Å². The number of rotatable bonds is 5. The van der Waals surface area contributed by atoms with E-state index < -0.39 is 9.05 Å². The van der Waals surface area contributed by atoms with Crippen LogP contribution in [0.15, 0.2) is 15.7 Å². The van der Waals surface area contributed by atoms with Gasteiger partial charge in [-0.3, -0.25) is 4.79 Å². The zero-order valence-electron chi connectivity index (χ0n) is 9.85. The van der Waals surface area contributed by atoms with E-state index >= 15 is 0 Å². The predicted octanol–water partition coefficient (Wildman–Crippen LogP) is 2.59. The largest absolute Gasteiger partial charge is 0.350 e. The first-order valence-corrected chi connectivity index (χ1v) is 8.89. The summed E-state index contributed by atoms with van der Waals surface area (Å²) in [6.45, 7) is 1.96. The van der Waals surface area contributed by atoms with Crippen molar-refractivity contribution in [2.45, 2.75) is 36.4 Å².